The summed E-state index contributed by atoms with van der Waals surface area (Å²) in [5.41, 5.74) is 0.336. The topological polar surface area (TPSA) is 99.2 Å². The van der Waals surface area contributed by atoms with Gasteiger partial charge in [-0.05, 0) is 6.92 Å². The lowest BCUT2D eigenvalue weighted by atomic mass is 10.2. The zero-order chi connectivity index (χ0) is 19.2. The number of carbonyl (C=O) groups is 3. The van der Waals surface area contributed by atoms with Crippen LogP contribution in [0.3, 0.4) is 0 Å². The van der Waals surface area contributed by atoms with E-state index >= 15 is 0 Å². The maximum atomic E-state index is 12.8. The van der Waals surface area contributed by atoms with E-state index in [1.54, 1.807) is 27.7 Å². The minimum absolute atomic E-state index is 0.173. The maximum absolute atomic E-state index is 12.8. The van der Waals surface area contributed by atoms with E-state index in [1.165, 1.54) is 6.33 Å². The summed E-state index contributed by atoms with van der Waals surface area (Å²) >= 11 is 0. The first-order chi connectivity index (χ1) is 13.1. The van der Waals surface area contributed by atoms with Gasteiger partial charge in [0.1, 0.15) is 17.8 Å². The van der Waals surface area contributed by atoms with Crippen molar-refractivity contribution in [2.45, 2.75) is 6.92 Å². The van der Waals surface area contributed by atoms with Crippen molar-refractivity contribution in [1.29, 1.82) is 0 Å². The molecular weight excluding hydrogens is 352 g/mol. The average Bonchev–Trinajstić information content (AvgIpc) is 2.73. The Hall–Kier alpha value is -2.91. The lowest BCUT2D eigenvalue weighted by Gasteiger charge is -2.34. The third-order valence-corrected chi connectivity index (χ3v) is 4.75. The molecule has 0 N–H and O–H groups in total. The van der Waals surface area contributed by atoms with Crippen LogP contribution < -0.4 is 4.90 Å². The zero-order valence-corrected chi connectivity index (χ0v) is 15.4. The van der Waals surface area contributed by atoms with Gasteiger partial charge in [-0.15, -0.1) is 0 Å². The summed E-state index contributed by atoms with van der Waals surface area (Å²) in [4.78, 5) is 50.8. The first kappa shape index (κ1) is 18.9. The monoisotopic (exact) mass is 376 g/mol. The van der Waals surface area contributed by atoms with Crippen LogP contribution in [0.4, 0.5) is 10.6 Å². The number of amides is 3. The molecule has 0 aromatic carbocycles. The highest BCUT2D eigenvalue weighted by molar-refractivity contribution is 5.93. The van der Waals surface area contributed by atoms with Gasteiger partial charge in [-0.2, -0.15) is 0 Å². The lowest BCUT2D eigenvalue weighted by molar-refractivity contribution is -0.118. The minimum atomic E-state index is -0.344. The Bertz CT molecular complexity index is 684. The number of rotatable bonds is 4. The van der Waals surface area contributed by atoms with Gasteiger partial charge in [-0.3, -0.25) is 9.59 Å². The van der Waals surface area contributed by atoms with Crippen LogP contribution in [0.2, 0.25) is 0 Å². The highest BCUT2D eigenvalue weighted by Crippen LogP contribution is 2.15. The first-order valence-corrected chi connectivity index (χ1v) is 9.09. The molecule has 3 heterocycles. The first-order valence-electron chi connectivity index (χ1n) is 9.09. The van der Waals surface area contributed by atoms with Gasteiger partial charge >= 0.3 is 6.09 Å². The molecule has 2 aliphatic heterocycles. The van der Waals surface area contributed by atoms with Crippen LogP contribution in [-0.4, -0.2) is 102 Å². The summed E-state index contributed by atoms with van der Waals surface area (Å²) in [7, 11) is 0. The van der Waals surface area contributed by atoms with Gasteiger partial charge < -0.3 is 24.3 Å². The molecule has 2 fully saturated rings. The molecule has 0 bridgehead atoms. The van der Waals surface area contributed by atoms with Crippen molar-refractivity contribution < 1.29 is 19.1 Å². The Morgan fingerprint density at radius 1 is 1.04 bits per heavy atom. The molecule has 0 unspecified atom stereocenters. The molecule has 1 aromatic heterocycles. The number of ether oxygens (including phenoxy) is 1. The van der Waals surface area contributed by atoms with Crippen LogP contribution in [-0.2, 0) is 9.53 Å². The molecule has 0 spiro atoms. The van der Waals surface area contributed by atoms with Crippen molar-refractivity contribution in [1.82, 2.24) is 24.7 Å². The predicted octanol–water partition coefficient (Wildman–Crippen LogP) is -0.331. The number of nitrogens with zero attached hydrogens (tertiary/aromatic N) is 6. The van der Waals surface area contributed by atoms with Gasteiger partial charge in [0.25, 0.3) is 5.91 Å². The molecule has 10 heteroatoms. The summed E-state index contributed by atoms with van der Waals surface area (Å²) < 4.78 is 4.99. The van der Waals surface area contributed by atoms with Crippen LogP contribution in [0.5, 0.6) is 0 Å². The molecule has 146 valence electrons. The number of hydrogen-bond donors (Lipinski definition) is 0. The standard InChI is InChI=1S/C17H24N6O4/c1-2-27-17(26)23-9-7-22(8-10-23)16(25)14-11-15(19-12-18-14)21-5-3-20(13-24)4-6-21/h11-13H,2-10H2,1H3. The Morgan fingerprint density at radius 2 is 1.70 bits per heavy atom. The van der Waals surface area contributed by atoms with Crippen LogP contribution in [0.15, 0.2) is 12.4 Å². The number of piperazine rings is 2. The van der Waals surface area contributed by atoms with Gasteiger partial charge in [0.15, 0.2) is 0 Å². The lowest BCUT2D eigenvalue weighted by Crippen LogP contribution is -2.51. The van der Waals surface area contributed by atoms with Crippen molar-refractivity contribution in [2.75, 3.05) is 63.9 Å². The molecule has 10 nitrogen and oxygen atoms in total. The van der Waals surface area contributed by atoms with Crippen molar-refractivity contribution in [2.24, 2.45) is 0 Å². The van der Waals surface area contributed by atoms with E-state index in [0.29, 0.717) is 70.5 Å². The van der Waals surface area contributed by atoms with Gasteiger partial charge in [0, 0.05) is 58.4 Å². The molecule has 27 heavy (non-hydrogen) atoms. The summed E-state index contributed by atoms with van der Waals surface area (Å²) in [6, 6.07) is 1.69. The highest BCUT2D eigenvalue weighted by atomic mass is 16.6. The van der Waals surface area contributed by atoms with E-state index in [9.17, 15) is 14.4 Å². The van der Waals surface area contributed by atoms with Crippen molar-refractivity contribution in [3.8, 4) is 0 Å². The summed E-state index contributed by atoms with van der Waals surface area (Å²) in [6.45, 7) is 6.46. The normalized spacial score (nSPS) is 17.7. The second-order valence-corrected chi connectivity index (χ2v) is 6.37. The second-order valence-electron chi connectivity index (χ2n) is 6.37. The molecule has 3 rings (SSSR count). The Morgan fingerprint density at radius 3 is 2.33 bits per heavy atom. The quantitative estimate of drug-likeness (QED) is 0.664. The highest BCUT2D eigenvalue weighted by Gasteiger charge is 2.27. The van der Waals surface area contributed by atoms with Gasteiger partial charge in [0.05, 0.1) is 6.61 Å². The van der Waals surface area contributed by atoms with Crippen molar-refractivity contribution in [3.63, 3.8) is 0 Å². The van der Waals surface area contributed by atoms with Gasteiger partial charge in [-0.25, -0.2) is 14.8 Å². The van der Waals surface area contributed by atoms with Crippen LogP contribution in [0.1, 0.15) is 17.4 Å². The largest absolute Gasteiger partial charge is 0.450 e. The molecule has 2 aliphatic rings. The Kier molecular flexibility index (Phi) is 6.05. The molecule has 0 aliphatic carbocycles. The molecule has 0 atom stereocenters. The molecule has 3 amide bonds. The fraction of sp³-hybridized carbons (Fsp3) is 0.588. The summed E-state index contributed by atoms with van der Waals surface area (Å²) in [5, 5.41) is 0. The number of anilines is 1. The maximum Gasteiger partial charge on any atom is 0.409 e. The third-order valence-electron chi connectivity index (χ3n) is 4.75. The predicted molar refractivity (Wildman–Crippen MR) is 96.4 cm³/mol. The second kappa shape index (κ2) is 8.65. The van der Waals surface area contributed by atoms with E-state index in [0.717, 1.165) is 6.41 Å². The fourth-order valence-corrected chi connectivity index (χ4v) is 3.16. The summed E-state index contributed by atoms with van der Waals surface area (Å²) in [5.74, 6) is 0.512. The molecule has 2 saturated heterocycles. The zero-order valence-electron chi connectivity index (χ0n) is 15.4. The SMILES string of the molecule is CCOC(=O)N1CCN(C(=O)c2cc(N3CCN(C=O)CC3)ncn2)CC1. The van der Waals surface area contributed by atoms with E-state index in [-0.39, 0.29) is 12.0 Å². The number of aromatic nitrogens is 2. The third kappa shape index (κ3) is 4.44. The number of hydrogen-bond acceptors (Lipinski definition) is 7. The summed E-state index contributed by atoms with van der Waals surface area (Å²) in [6.07, 6.45) is 1.90. The molecule has 0 radical (unpaired) electrons. The van der Waals surface area contributed by atoms with Gasteiger partial charge in [-0.1, -0.05) is 0 Å². The number of carbonyl (C=O) groups excluding carboxylic acids is 3. The van der Waals surface area contributed by atoms with Crippen molar-refractivity contribution in [3.05, 3.63) is 18.1 Å². The van der Waals surface area contributed by atoms with E-state index in [2.05, 4.69) is 9.97 Å². The molecular formula is C17H24N6O4. The Balaban J connectivity index is 1.59. The van der Waals surface area contributed by atoms with Crippen molar-refractivity contribution >= 4 is 24.2 Å². The van der Waals surface area contributed by atoms with Gasteiger partial charge in [0.2, 0.25) is 6.41 Å². The van der Waals surface area contributed by atoms with E-state index in [4.69, 9.17) is 4.74 Å². The molecule has 0 saturated carbocycles. The van der Waals surface area contributed by atoms with Crippen LogP contribution in [0, 0.1) is 0 Å². The van der Waals surface area contributed by atoms with Crippen LogP contribution in [0.25, 0.3) is 0 Å². The fourth-order valence-electron chi connectivity index (χ4n) is 3.16. The Labute approximate surface area is 157 Å². The average molecular weight is 376 g/mol. The minimum Gasteiger partial charge on any atom is -0.450 e. The van der Waals surface area contributed by atoms with E-state index in [1.807, 2.05) is 4.90 Å². The van der Waals surface area contributed by atoms with Crippen LogP contribution >= 0.6 is 0 Å². The van der Waals surface area contributed by atoms with E-state index < -0.39 is 0 Å². The smallest absolute Gasteiger partial charge is 0.409 e. The molecule has 1 aromatic rings.